The number of carbonyl (C=O) groups excluding carboxylic acids is 1. The highest BCUT2D eigenvalue weighted by atomic mass is 35.5. The third-order valence-corrected chi connectivity index (χ3v) is 5.49. The fraction of sp³-hybridized carbons (Fsp3) is 0.435. The molecule has 0 spiro atoms. The average molecular weight is 467 g/mol. The van der Waals surface area contributed by atoms with Crippen LogP contribution in [-0.2, 0) is 5.41 Å². The van der Waals surface area contributed by atoms with Crippen LogP contribution in [-0.4, -0.2) is 48.6 Å². The maximum absolute atomic E-state index is 13.8. The summed E-state index contributed by atoms with van der Waals surface area (Å²) in [5, 5.41) is 6.39. The van der Waals surface area contributed by atoms with Gasteiger partial charge in [0.05, 0.1) is 23.4 Å². The van der Waals surface area contributed by atoms with E-state index in [2.05, 4.69) is 10.6 Å². The number of carbonyl (C=O) groups is 1. The molecule has 0 bridgehead atoms. The Morgan fingerprint density at radius 3 is 1.84 bits per heavy atom. The van der Waals surface area contributed by atoms with Crippen molar-refractivity contribution in [3.05, 3.63) is 76.2 Å². The molecule has 0 saturated carbocycles. The van der Waals surface area contributed by atoms with Crippen molar-refractivity contribution >= 4 is 17.6 Å². The number of nitroso groups, excluding NO2 is 1. The summed E-state index contributed by atoms with van der Waals surface area (Å²) in [6.07, 6.45) is -0.148. The zero-order valence-corrected chi connectivity index (χ0v) is 19.4. The Kier molecular flexibility index (Phi) is 9.09. The third-order valence-electron chi connectivity index (χ3n) is 5.32. The second-order valence-electron chi connectivity index (χ2n) is 8.29. The van der Waals surface area contributed by atoms with E-state index in [1.807, 2.05) is 13.8 Å². The van der Waals surface area contributed by atoms with Crippen molar-refractivity contribution in [3.8, 4) is 0 Å². The summed E-state index contributed by atoms with van der Waals surface area (Å²) in [5.41, 5.74) is 0.576. The summed E-state index contributed by atoms with van der Waals surface area (Å²) >= 11 is 5.70. The van der Waals surface area contributed by atoms with Gasteiger partial charge < -0.3 is 5.32 Å². The summed E-state index contributed by atoms with van der Waals surface area (Å²) < 4.78 is 27.6. The molecular weight excluding hydrogens is 438 g/mol. The Bertz CT molecular complexity index is 846. The molecule has 0 aromatic heterocycles. The molecule has 0 radical (unpaired) electrons. The number of benzene rings is 2. The van der Waals surface area contributed by atoms with Gasteiger partial charge in [-0.3, -0.25) is 4.90 Å². The summed E-state index contributed by atoms with van der Waals surface area (Å²) in [6, 6.07) is 11.4. The van der Waals surface area contributed by atoms with Crippen LogP contribution in [0.15, 0.2) is 53.8 Å². The summed E-state index contributed by atoms with van der Waals surface area (Å²) in [6.45, 7) is 4.01. The Morgan fingerprint density at radius 2 is 1.50 bits per heavy atom. The van der Waals surface area contributed by atoms with Gasteiger partial charge in [-0.15, -0.1) is 16.5 Å². The number of halogens is 3. The Labute approximate surface area is 192 Å². The minimum Gasteiger partial charge on any atom is -0.320 e. The number of rotatable bonds is 10. The first-order chi connectivity index (χ1) is 15.1. The summed E-state index contributed by atoms with van der Waals surface area (Å²) in [5.74, 6) is -0.600. The Balaban J connectivity index is 2.74. The van der Waals surface area contributed by atoms with Crippen LogP contribution in [0.5, 0.6) is 0 Å². The lowest BCUT2D eigenvalue weighted by Crippen LogP contribution is -2.60. The predicted molar refractivity (Wildman–Crippen MR) is 122 cm³/mol. The van der Waals surface area contributed by atoms with E-state index >= 15 is 0 Å². The van der Waals surface area contributed by atoms with Crippen molar-refractivity contribution in [3.63, 3.8) is 0 Å². The number of hydrogen-bond acceptors (Lipinski definition) is 4. The highest BCUT2D eigenvalue weighted by molar-refractivity contribution is 6.18. The maximum Gasteiger partial charge on any atom is 0.341 e. The van der Waals surface area contributed by atoms with Crippen LogP contribution in [0, 0.1) is 22.5 Å². The van der Waals surface area contributed by atoms with Gasteiger partial charge in [-0.2, -0.15) is 5.01 Å². The van der Waals surface area contributed by atoms with E-state index in [-0.39, 0.29) is 18.3 Å². The fourth-order valence-corrected chi connectivity index (χ4v) is 4.27. The van der Waals surface area contributed by atoms with Crippen LogP contribution < -0.4 is 5.32 Å². The molecule has 2 amide bonds. The lowest BCUT2D eigenvalue weighted by atomic mass is 9.66. The molecule has 0 aliphatic rings. The SMILES string of the molecule is CC(C)CC(c1ccc(F)cc1)(c1ccc(F)cc1)C(NC(=O)N(CCCl)N=O)N(C)C. The third kappa shape index (κ3) is 5.81. The van der Waals surface area contributed by atoms with Crippen LogP contribution >= 0.6 is 11.6 Å². The lowest BCUT2D eigenvalue weighted by Gasteiger charge is -2.46. The second-order valence-corrected chi connectivity index (χ2v) is 8.67. The minimum absolute atomic E-state index is 0.0405. The van der Waals surface area contributed by atoms with Gasteiger partial charge in [0.15, 0.2) is 0 Å². The molecule has 1 atom stereocenters. The van der Waals surface area contributed by atoms with Gasteiger partial charge in [-0.25, -0.2) is 13.6 Å². The predicted octanol–water partition coefficient (Wildman–Crippen LogP) is 5.12. The van der Waals surface area contributed by atoms with E-state index in [4.69, 9.17) is 11.6 Å². The normalized spacial score (nSPS) is 12.7. The molecule has 1 N–H and O–H groups in total. The largest absolute Gasteiger partial charge is 0.341 e. The van der Waals surface area contributed by atoms with Gasteiger partial charge in [-0.05, 0) is 61.8 Å². The first-order valence-electron chi connectivity index (χ1n) is 10.3. The number of urea groups is 1. The monoisotopic (exact) mass is 466 g/mol. The van der Waals surface area contributed by atoms with Crippen LogP contribution in [0.2, 0.25) is 0 Å². The standard InChI is InChI=1S/C23H29ClF2N4O2/c1-16(2)15-23(17-5-9-19(25)10-6-17,18-7-11-20(26)12-8-18)21(29(3)4)27-22(31)30(28-32)14-13-24/h5-12,16,21H,13-15H2,1-4H3,(H,27,31). The Hall–Kier alpha value is -2.58. The van der Waals surface area contributed by atoms with Gasteiger partial charge in [-0.1, -0.05) is 38.1 Å². The van der Waals surface area contributed by atoms with E-state index in [1.165, 1.54) is 24.3 Å². The van der Waals surface area contributed by atoms with Gasteiger partial charge in [0.25, 0.3) is 0 Å². The molecule has 32 heavy (non-hydrogen) atoms. The fourth-order valence-electron chi connectivity index (χ4n) is 4.11. The molecule has 0 aliphatic carbocycles. The number of nitrogens with one attached hydrogen (secondary N) is 1. The van der Waals surface area contributed by atoms with Crippen molar-refractivity contribution < 1.29 is 13.6 Å². The van der Waals surface area contributed by atoms with Crippen LogP contribution in [0.4, 0.5) is 13.6 Å². The smallest absolute Gasteiger partial charge is 0.320 e. The minimum atomic E-state index is -0.899. The Morgan fingerprint density at radius 1 is 1.03 bits per heavy atom. The molecule has 9 heteroatoms. The molecule has 2 rings (SSSR count). The van der Waals surface area contributed by atoms with Crippen molar-refractivity contribution in [2.45, 2.75) is 31.8 Å². The molecule has 0 fully saturated rings. The first kappa shape index (κ1) is 25.7. The van der Waals surface area contributed by atoms with Crippen molar-refractivity contribution in [1.82, 2.24) is 15.2 Å². The highest BCUT2D eigenvalue weighted by Crippen LogP contribution is 2.42. The molecule has 2 aromatic rings. The van der Waals surface area contributed by atoms with Crippen molar-refractivity contribution in [2.75, 3.05) is 26.5 Å². The van der Waals surface area contributed by atoms with Crippen molar-refractivity contribution in [1.29, 1.82) is 0 Å². The lowest BCUT2D eigenvalue weighted by molar-refractivity contribution is 0.131. The maximum atomic E-state index is 13.8. The number of amides is 2. The molecule has 0 aliphatic heterocycles. The number of hydrogen-bond donors (Lipinski definition) is 1. The molecule has 0 heterocycles. The molecule has 174 valence electrons. The van der Waals surface area contributed by atoms with E-state index in [9.17, 15) is 18.5 Å². The molecular formula is C23H29ClF2N4O2. The van der Waals surface area contributed by atoms with Crippen LogP contribution in [0.1, 0.15) is 31.4 Å². The molecule has 6 nitrogen and oxygen atoms in total. The zero-order chi connectivity index (χ0) is 23.9. The summed E-state index contributed by atoms with van der Waals surface area (Å²) in [7, 11) is 3.57. The molecule has 0 saturated heterocycles. The average Bonchev–Trinajstić information content (AvgIpc) is 2.75. The quantitative estimate of drug-likeness (QED) is 0.229. The van der Waals surface area contributed by atoms with Crippen LogP contribution in [0.3, 0.4) is 0 Å². The first-order valence-corrected chi connectivity index (χ1v) is 10.8. The van der Waals surface area contributed by atoms with E-state index in [0.717, 1.165) is 16.1 Å². The number of likely N-dealkylation sites (N-methyl/N-ethyl adjacent to an activating group) is 1. The number of nitrogens with zero attached hydrogens (tertiary/aromatic N) is 3. The van der Waals surface area contributed by atoms with Gasteiger partial charge in [0.2, 0.25) is 0 Å². The van der Waals surface area contributed by atoms with Crippen molar-refractivity contribution in [2.24, 2.45) is 11.2 Å². The molecule has 1 unspecified atom stereocenters. The van der Waals surface area contributed by atoms with Crippen LogP contribution in [0.25, 0.3) is 0 Å². The zero-order valence-electron chi connectivity index (χ0n) is 18.7. The van der Waals surface area contributed by atoms with E-state index in [0.29, 0.717) is 6.42 Å². The summed E-state index contributed by atoms with van der Waals surface area (Å²) in [4.78, 5) is 25.9. The van der Waals surface area contributed by atoms with Gasteiger partial charge in [0.1, 0.15) is 11.6 Å². The van der Waals surface area contributed by atoms with Gasteiger partial charge >= 0.3 is 6.03 Å². The number of alkyl halides is 1. The highest BCUT2D eigenvalue weighted by Gasteiger charge is 2.45. The topological polar surface area (TPSA) is 65.0 Å². The van der Waals surface area contributed by atoms with E-state index < -0.39 is 29.2 Å². The second kappa shape index (κ2) is 11.3. The molecule has 2 aromatic carbocycles. The van der Waals surface area contributed by atoms with E-state index in [1.54, 1.807) is 43.3 Å². The van der Waals surface area contributed by atoms with Gasteiger partial charge in [0, 0.05) is 5.88 Å².